The molecule has 1 aromatic rings. The van der Waals surface area contributed by atoms with Gasteiger partial charge in [-0.2, -0.15) is 0 Å². The zero-order valence-corrected chi connectivity index (χ0v) is 16.6. The number of aliphatic carboxylic acids is 1. The van der Waals surface area contributed by atoms with Crippen molar-refractivity contribution in [3.63, 3.8) is 0 Å². The van der Waals surface area contributed by atoms with Crippen molar-refractivity contribution in [2.24, 2.45) is 5.41 Å². The van der Waals surface area contributed by atoms with Crippen LogP contribution in [0, 0.1) is 26.2 Å². The van der Waals surface area contributed by atoms with Crippen molar-refractivity contribution in [1.82, 2.24) is 0 Å². The zero-order valence-electron chi connectivity index (χ0n) is 15.8. The summed E-state index contributed by atoms with van der Waals surface area (Å²) >= 11 is 0.954. The quantitative estimate of drug-likeness (QED) is 0.831. The molecular formula is C19H27NO4S. The number of carbonyl (C=O) groups is 3. The predicted octanol–water partition coefficient (Wildman–Crippen LogP) is 3.73. The fourth-order valence-corrected chi connectivity index (χ4v) is 3.46. The minimum absolute atomic E-state index is 0.0605. The van der Waals surface area contributed by atoms with E-state index in [0.29, 0.717) is 12.1 Å². The monoisotopic (exact) mass is 365 g/mol. The van der Waals surface area contributed by atoms with Crippen molar-refractivity contribution in [2.75, 3.05) is 17.2 Å². The van der Waals surface area contributed by atoms with E-state index in [2.05, 4.69) is 0 Å². The molecule has 0 aromatic heterocycles. The number of aryl methyl sites for hydroxylation is 2. The molecule has 1 N–H and O–H groups in total. The van der Waals surface area contributed by atoms with Gasteiger partial charge in [-0.05, 0) is 42.9 Å². The standard InChI is InChI=1S/C19H27NO4S/c1-12-7-8-13(2)18(14(12)3)20(10-16(22)23)15(21)11-25-17(24)9-19(4,5)6/h7-8H,9-11H2,1-6H3,(H,22,23). The average molecular weight is 365 g/mol. The Labute approximate surface area is 153 Å². The fraction of sp³-hybridized carbons (Fsp3) is 0.526. The van der Waals surface area contributed by atoms with Gasteiger partial charge in [0.05, 0.1) is 11.4 Å². The summed E-state index contributed by atoms with van der Waals surface area (Å²) in [6.45, 7) is 11.1. The molecule has 6 heteroatoms. The molecule has 0 aliphatic rings. The molecule has 0 fully saturated rings. The minimum atomic E-state index is -1.08. The van der Waals surface area contributed by atoms with Gasteiger partial charge in [0, 0.05) is 6.42 Å². The number of carboxylic acids is 1. The molecule has 1 aromatic carbocycles. The van der Waals surface area contributed by atoms with Gasteiger partial charge in [0.2, 0.25) is 5.91 Å². The highest BCUT2D eigenvalue weighted by atomic mass is 32.2. The highest BCUT2D eigenvalue weighted by Gasteiger charge is 2.24. The molecule has 1 amide bonds. The third kappa shape index (κ3) is 6.53. The molecule has 0 heterocycles. The Morgan fingerprint density at radius 2 is 1.64 bits per heavy atom. The third-order valence-electron chi connectivity index (χ3n) is 3.80. The predicted molar refractivity (Wildman–Crippen MR) is 102 cm³/mol. The van der Waals surface area contributed by atoms with Crippen molar-refractivity contribution in [2.45, 2.75) is 48.0 Å². The van der Waals surface area contributed by atoms with Crippen LogP contribution in [0.15, 0.2) is 12.1 Å². The topological polar surface area (TPSA) is 74.7 Å². The van der Waals surface area contributed by atoms with Crippen LogP contribution in [0.1, 0.15) is 43.9 Å². The summed E-state index contributed by atoms with van der Waals surface area (Å²) < 4.78 is 0. The summed E-state index contributed by atoms with van der Waals surface area (Å²) in [5.74, 6) is -1.51. The van der Waals surface area contributed by atoms with E-state index in [9.17, 15) is 19.5 Å². The van der Waals surface area contributed by atoms with E-state index >= 15 is 0 Å². The summed E-state index contributed by atoms with van der Waals surface area (Å²) in [7, 11) is 0. The molecule has 0 unspecified atom stereocenters. The second-order valence-electron chi connectivity index (χ2n) is 7.44. The lowest BCUT2D eigenvalue weighted by atomic mass is 9.93. The van der Waals surface area contributed by atoms with Crippen LogP contribution in [0.25, 0.3) is 0 Å². The van der Waals surface area contributed by atoms with E-state index in [-0.39, 0.29) is 22.2 Å². The Morgan fingerprint density at radius 1 is 1.08 bits per heavy atom. The maximum absolute atomic E-state index is 12.7. The first kappa shape index (κ1) is 21.2. The van der Waals surface area contributed by atoms with E-state index in [1.54, 1.807) is 0 Å². The molecule has 25 heavy (non-hydrogen) atoms. The zero-order chi connectivity index (χ0) is 19.4. The van der Waals surface area contributed by atoms with E-state index in [1.165, 1.54) is 4.90 Å². The molecule has 0 radical (unpaired) electrons. The lowest BCUT2D eigenvalue weighted by Crippen LogP contribution is -2.38. The molecule has 0 saturated carbocycles. The second kappa shape index (κ2) is 8.52. The highest BCUT2D eigenvalue weighted by Crippen LogP contribution is 2.29. The van der Waals surface area contributed by atoms with Crippen LogP contribution in [0.2, 0.25) is 0 Å². The Bertz CT molecular complexity index is 677. The number of thioether (sulfide) groups is 1. The number of nitrogens with zero attached hydrogens (tertiary/aromatic N) is 1. The first-order chi connectivity index (χ1) is 11.4. The Balaban J connectivity index is 3.01. The lowest BCUT2D eigenvalue weighted by molar-refractivity contribution is -0.136. The maximum Gasteiger partial charge on any atom is 0.323 e. The van der Waals surface area contributed by atoms with Gasteiger partial charge in [-0.1, -0.05) is 44.7 Å². The van der Waals surface area contributed by atoms with Crippen molar-refractivity contribution < 1.29 is 19.5 Å². The van der Waals surface area contributed by atoms with Crippen LogP contribution in [0.4, 0.5) is 5.69 Å². The number of amides is 1. The maximum atomic E-state index is 12.7. The van der Waals surface area contributed by atoms with Crippen LogP contribution in [0.5, 0.6) is 0 Å². The van der Waals surface area contributed by atoms with Gasteiger partial charge in [0.15, 0.2) is 5.12 Å². The molecule has 0 aliphatic heterocycles. The van der Waals surface area contributed by atoms with Gasteiger partial charge >= 0.3 is 5.97 Å². The molecule has 0 aliphatic carbocycles. The van der Waals surface area contributed by atoms with Gasteiger partial charge in [-0.15, -0.1) is 0 Å². The van der Waals surface area contributed by atoms with E-state index in [4.69, 9.17) is 0 Å². The Morgan fingerprint density at radius 3 is 2.16 bits per heavy atom. The molecule has 0 bridgehead atoms. The van der Waals surface area contributed by atoms with E-state index < -0.39 is 12.5 Å². The Kier molecular flexibility index (Phi) is 7.23. The highest BCUT2D eigenvalue weighted by molar-refractivity contribution is 8.14. The summed E-state index contributed by atoms with van der Waals surface area (Å²) in [6, 6.07) is 3.82. The van der Waals surface area contributed by atoms with Gasteiger partial charge in [-0.25, -0.2) is 0 Å². The first-order valence-corrected chi connectivity index (χ1v) is 9.15. The van der Waals surface area contributed by atoms with Crippen molar-refractivity contribution in [1.29, 1.82) is 0 Å². The number of anilines is 1. The van der Waals surface area contributed by atoms with Gasteiger partial charge in [0.25, 0.3) is 0 Å². The Hall–Kier alpha value is -1.82. The summed E-state index contributed by atoms with van der Waals surface area (Å²) in [6.07, 6.45) is 0.367. The van der Waals surface area contributed by atoms with Crippen molar-refractivity contribution >= 4 is 34.4 Å². The van der Waals surface area contributed by atoms with Gasteiger partial charge in [-0.3, -0.25) is 19.3 Å². The lowest BCUT2D eigenvalue weighted by Gasteiger charge is -2.25. The molecule has 5 nitrogen and oxygen atoms in total. The summed E-state index contributed by atoms with van der Waals surface area (Å²) in [5, 5.41) is 9.15. The molecule has 138 valence electrons. The molecule has 0 saturated heterocycles. The fourth-order valence-electron chi connectivity index (χ4n) is 2.48. The van der Waals surface area contributed by atoms with Crippen molar-refractivity contribution in [3.05, 3.63) is 28.8 Å². The number of hydrogen-bond donors (Lipinski definition) is 1. The molecule has 1 rings (SSSR count). The SMILES string of the molecule is Cc1ccc(C)c(N(CC(=O)O)C(=O)CSC(=O)CC(C)(C)C)c1C. The minimum Gasteiger partial charge on any atom is -0.480 e. The normalized spacial score (nSPS) is 11.3. The smallest absolute Gasteiger partial charge is 0.323 e. The van der Waals surface area contributed by atoms with E-state index in [1.807, 2.05) is 53.7 Å². The van der Waals surface area contributed by atoms with Crippen molar-refractivity contribution in [3.8, 4) is 0 Å². The average Bonchev–Trinajstić information content (AvgIpc) is 2.46. The number of carbonyl (C=O) groups excluding carboxylic acids is 2. The molecular weight excluding hydrogens is 338 g/mol. The van der Waals surface area contributed by atoms with Gasteiger partial charge in [0.1, 0.15) is 6.54 Å². The van der Waals surface area contributed by atoms with Crippen LogP contribution in [-0.2, 0) is 14.4 Å². The van der Waals surface area contributed by atoms with Crippen LogP contribution in [0.3, 0.4) is 0 Å². The third-order valence-corrected chi connectivity index (χ3v) is 4.66. The summed E-state index contributed by atoms with van der Waals surface area (Å²) in [4.78, 5) is 37.2. The second-order valence-corrected chi connectivity index (χ2v) is 8.48. The van der Waals surface area contributed by atoms with E-state index in [0.717, 1.165) is 28.5 Å². The molecule has 0 spiro atoms. The van der Waals surface area contributed by atoms with Crippen LogP contribution < -0.4 is 4.90 Å². The number of carboxylic acid groups (broad SMARTS) is 1. The van der Waals surface area contributed by atoms with Crippen LogP contribution >= 0.6 is 11.8 Å². The number of rotatable bonds is 6. The first-order valence-electron chi connectivity index (χ1n) is 8.17. The largest absolute Gasteiger partial charge is 0.480 e. The number of hydrogen-bond acceptors (Lipinski definition) is 4. The van der Waals surface area contributed by atoms with Crippen LogP contribution in [-0.4, -0.2) is 34.4 Å². The van der Waals surface area contributed by atoms with Gasteiger partial charge < -0.3 is 5.11 Å². The summed E-state index contributed by atoms with van der Waals surface area (Å²) in [5.41, 5.74) is 3.18. The molecule has 0 atom stereocenters. The number of benzene rings is 1.